The number of aryl methyl sites for hydroxylation is 1. The van der Waals surface area contributed by atoms with Crippen molar-refractivity contribution in [2.45, 2.75) is 20.1 Å². The van der Waals surface area contributed by atoms with Crippen LogP contribution in [0.3, 0.4) is 0 Å². The molecule has 0 aliphatic carbocycles. The Balaban J connectivity index is 2.16. The van der Waals surface area contributed by atoms with Crippen LogP contribution in [-0.2, 0) is 6.54 Å². The molecule has 1 N–H and O–H groups in total. The Morgan fingerprint density at radius 1 is 1.17 bits per heavy atom. The first-order valence-electron chi connectivity index (χ1n) is 6.97. The summed E-state index contributed by atoms with van der Waals surface area (Å²) in [7, 11) is 1.32. The third-order valence-corrected chi connectivity index (χ3v) is 3.22. The van der Waals surface area contributed by atoms with Gasteiger partial charge in [-0.1, -0.05) is 35.9 Å². The van der Waals surface area contributed by atoms with Gasteiger partial charge in [0.15, 0.2) is 11.5 Å². The summed E-state index contributed by atoms with van der Waals surface area (Å²) in [6.45, 7) is -0.799. The summed E-state index contributed by atoms with van der Waals surface area (Å²) >= 11 is 0. The quantitative estimate of drug-likeness (QED) is 0.885. The number of nitrogens with one attached hydrogen (secondary N) is 1. The van der Waals surface area contributed by atoms with Crippen LogP contribution in [0.4, 0.5) is 8.78 Å². The average Bonchev–Trinajstić information content (AvgIpc) is 2.53. The Labute approximate surface area is 133 Å². The summed E-state index contributed by atoms with van der Waals surface area (Å²) < 4.78 is 34.5. The topological polar surface area (TPSA) is 47.6 Å². The minimum Gasteiger partial charge on any atom is -0.493 e. The van der Waals surface area contributed by atoms with E-state index in [1.54, 1.807) is 0 Å². The van der Waals surface area contributed by atoms with Gasteiger partial charge >= 0.3 is 6.61 Å². The van der Waals surface area contributed by atoms with E-state index in [-0.39, 0.29) is 23.6 Å². The second-order valence-electron chi connectivity index (χ2n) is 4.88. The Bertz CT molecular complexity index is 672. The summed E-state index contributed by atoms with van der Waals surface area (Å²) in [6.07, 6.45) is 0. The van der Waals surface area contributed by atoms with Gasteiger partial charge in [-0.3, -0.25) is 4.79 Å². The van der Waals surface area contributed by atoms with Gasteiger partial charge < -0.3 is 14.8 Å². The van der Waals surface area contributed by atoms with Gasteiger partial charge in [0, 0.05) is 6.54 Å². The monoisotopic (exact) mass is 321 g/mol. The Morgan fingerprint density at radius 3 is 2.48 bits per heavy atom. The molecule has 0 bridgehead atoms. The Kier molecular flexibility index (Phi) is 5.51. The van der Waals surface area contributed by atoms with Crippen LogP contribution >= 0.6 is 0 Å². The van der Waals surface area contributed by atoms with Gasteiger partial charge in [0.2, 0.25) is 0 Å². The molecule has 0 spiro atoms. The number of halogens is 2. The van der Waals surface area contributed by atoms with E-state index in [4.69, 9.17) is 4.74 Å². The molecular weight excluding hydrogens is 304 g/mol. The molecule has 1 amide bonds. The summed E-state index contributed by atoms with van der Waals surface area (Å²) in [4.78, 5) is 12.3. The van der Waals surface area contributed by atoms with Crippen molar-refractivity contribution in [3.05, 3.63) is 59.2 Å². The number of para-hydroxylation sites is 1. The lowest BCUT2D eigenvalue weighted by Gasteiger charge is -2.14. The van der Waals surface area contributed by atoms with Gasteiger partial charge in [-0.2, -0.15) is 8.78 Å². The summed E-state index contributed by atoms with van der Waals surface area (Å²) in [5.41, 5.74) is 2.01. The number of methoxy groups -OCH3 is 1. The summed E-state index contributed by atoms with van der Waals surface area (Å²) in [6, 6.07) is 12.0. The normalized spacial score (nSPS) is 10.5. The molecule has 122 valence electrons. The van der Waals surface area contributed by atoms with E-state index in [1.165, 1.54) is 25.3 Å². The van der Waals surface area contributed by atoms with E-state index in [2.05, 4.69) is 10.1 Å². The molecule has 6 heteroatoms. The van der Waals surface area contributed by atoms with E-state index >= 15 is 0 Å². The van der Waals surface area contributed by atoms with E-state index in [0.29, 0.717) is 0 Å². The van der Waals surface area contributed by atoms with Gasteiger partial charge in [-0.05, 0) is 24.6 Å². The molecule has 0 saturated carbocycles. The Hall–Kier alpha value is -2.63. The van der Waals surface area contributed by atoms with Crippen LogP contribution < -0.4 is 14.8 Å². The van der Waals surface area contributed by atoms with Crippen molar-refractivity contribution < 1.29 is 23.0 Å². The minimum absolute atomic E-state index is 0.00300. The number of amides is 1. The smallest absolute Gasteiger partial charge is 0.387 e. The molecule has 2 aromatic carbocycles. The van der Waals surface area contributed by atoms with Gasteiger partial charge in [0.05, 0.1) is 12.7 Å². The number of carbonyl (C=O) groups is 1. The molecule has 2 aromatic rings. The number of alkyl halides is 2. The lowest BCUT2D eigenvalue weighted by Crippen LogP contribution is -2.24. The molecule has 0 aromatic heterocycles. The SMILES string of the molecule is COc1cccc(C(=O)NCc2ccc(C)cc2)c1OC(F)F. The number of ether oxygens (including phenoxy) is 2. The molecule has 0 aliphatic heterocycles. The van der Waals surface area contributed by atoms with Crippen LogP contribution in [0.2, 0.25) is 0 Å². The molecule has 0 atom stereocenters. The van der Waals surface area contributed by atoms with E-state index in [1.807, 2.05) is 31.2 Å². The first kappa shape index (κ1) is 16.7. The molecule has 0 unspecified atom stereocenters. The second-order valence-corrected chi connectivity index (χ2v) is 4.88. The van der Waals surface area contributed by atoms with Gasteiger partial charge in [0.25, 0.3) is 5.91 Å². The summed E-state index contributed by atoms with van der Waals surface area (Å²) in [5.74, 6) is -0.709. The van der Waals surface area contributed by atoms with Crippen molar-refractivity contribution in [3.8, 4) is 11.5 Å². The Morgan fingerprint density at radius 2 is 1.87 bits per heavy atom. The van der Waals surface area contributed by atoms with Crippen molar-refractivity contribution in [1.82, 2.24) is 5.32 Å². The third-order valence-electron chi connectivity index (χ3n) is 3.22. The van der Waals surface area contributed by atoms with Gasteiger partial charge in [0.1, 0.15) is 0 Å². The molecule has 2 rings (SSSR count). The highest BCUT2D eigenvalue weighted by Crippen LogP contribution is 2.32. The van der Waals surface area contributed by atoms with Crippen LogP contribution in [-0.4, -0.2) is 19.6 Å². The lowest BCUT2D eigenvalue weighted by molar-refractivity contribution is -0.0515. The molecule has 0 radical (unpaired) electrons. The number of hydrogen-bond donors (Lipinski definition) is 1. The fourth-order valence-electron chi connectivity index (χ4n) is 2.05. The van der Waals surface area contributed by atoms with Gasteiger partial charge in [-0.15, -0.1) is 0 Å². The second kappa shape index (κ2) is 7.58. The number of rotatable bonds is 6. The largest absolute Gasteiger partial charge is 0.493 e. The van der Waals surface area contributed by atoms with Crippen LogP contribution in [0.5, 0.6) is 11.5 Å². The minimum atomic E-state index is -3.05. The van der Waals surface area contributed by atoms with Crippen molar-refractivity contribution in [2.24, 2.45) is 0 Å². The fraction of sp³-hybridized carbons (Fsp3) is 0.235. The zero-order chi connectivity index (χ0) is 16.8. The third kappa shape index (κ3) is 4.42. The van der Waals surface area contributed by atoms with Crippen molar-refractivity contribution >= 4 is 5.91 Å². The predicted molar refractivity (Wildman–Crippen MR) is 82.0 cm³/mol. The summed E-state index contributed by atoms with van der Waals surface area (Å²) in [5, 5.41) is 2.68. The maximum atomic E-state index is 12.6. The van der Waals surface area contributed by atoms with Crippen LogP contribution in [0.15, 0.2) is 42.5 Å². The maximum absolute atomic E-state index is 12.6. The van der Waals surface area contributed by atoms with Crippen molar-refractivity contribution in [1.29, 1.82) is 0 Å². The molecule has 4 nitrogen and oxygen atoms in total. The van der Waals surface area contributed by atoms with E-state index in [9.17, 15) is 13.6 Å². The molecule has 0 fully saturated rings. The van der Waals surface area contributed by atoms with Crippen LogP contribution in [0, 0.1) is 6.92 Å². The molecule has 0 aliphatic rings. The van der Waals surface area contributed by atoms with E-state index in [0.717, 1.165) is 11.1 Å². The van der Waals surface area contributed by atoms with E-state index < -0.39 is 12.5 Å². The standard InChI is InChI=1S/C17H17F2NO3/c1-11-6-8-12(9-7-11)10-20-16(21)13-4-3-5-14(22-2)15(13)23-17(18)19/h3-9,17H,10H2,1-2H3,(H,20,21). The molecule has 0 heterocycles. The molecule has 0 saturated heterocycles. The number of benzene rings is 2. The number of hydrogen-bond acceptors (Lipinski definition) is 3. The first-order chi connectivity index (χ1) is 11.0. The zero-order valence-corrected chi connectivity index (χ0v) is 12.8. The maximum Gasteiger partial charge on any atom is 0.387 e. The highest BCUT2D eigenvalue weighted by atomic mass is 19.3. The van der Waals surface area contributed by atoms with Crippen LogP contribution in [0.25, 0.3) is 0 Å². The molecule has 23 heavy (non-hydrogen) atoms. The van der Waals surface area contributed by atoms with Crippen molar-refractivity contribution in [2.75, 3.05) is 7.11 Å². The van der Waals surface area contributed by atoms with Crippen molar-refractivity contribution in [3.63, 3.8) is 0 Å². The predicted octanol–water partition coefficient (Wildman–Crippen LogP) is 3.54. The van der Waals surface area contributed by atoms with Crippen LogP contribution in [0.1, 0.15) is 21.5 Å². The highest BCUT2D eigenvalue weighted by molar-refractivity contribution is 5.97. The molecular formula is C17H17F2NO3. The van der Waals surface area contributed by atoms with Gasteiger partial charge in [-0.25, -0.2) is 0 Å². The first-order valence-corrected chi connectivity index (χ1v) is 6.97. The number of carbonyl (C=O) groups excluding carboxylic acids is 1. The average molecular weight is 321 g/mol. The zero-order valence-electron chi connectivity index (χ0n) is 12.8. The lowest BCUT2D eigenvalue weighted by atomic mass is 10.1. The fourth-order valence-corrected chi connectivity index (χ4v) is 2.05. The highest BCUT2D eigenvalue weighted by Gasteiger charge is 2.20.